The second kappa shape index (κ2) is 6.93. The minimum atomic E-state index is -0.370. The van der Waals surface area contributed by atoms with Gasteiger partial charge < -0.3 is 0 Å². The van der Waals surface area contributed by atoms with Gasteiger partial charge in [0.1, 0.15) is 5.82 Å². The van der Waals surface area contributed by atoms with E-state index >= 15 is 0 Å². The van der Waals surface area contributed by atoms with E-state index in [-0.39, 0.29) is 11.6 Å². The predicted octanol–water partition coefficient (Wildman–Crippen LogP) is 5.62. The molecule has 0 amide bonds. The molecule has 20 heavy (non-hydrogen) atoms. The third-order valence-electron chi connectivity index (χ3n) is 2.44. The first kappa shape index (κ1) is 15.1. The highest BCUT2D eigenvalue weighted by Gasteiger charge is 2.03. The number of allylic oxidation sites excluding steroid dienone is 1. The van der Waals surface area contributed by atoms with Gasteiger partial charge >= 0.3 is 0 Å². The second-order valence-corrected chi connectivity index (χ2v) is 5.66. The zero-order valence-corrected chi connectivity index (χ0v) is 12.5. The van der Waals surface area contributed by atoms with E-state index in [1.54, 1.807) is 23.6 Å². The average molecular weight is 327 g/mol. The monoisotopic (exact) mass is 326 g/mol. The van der Waals surface area contributed by atoms with Crippen LogP contribution in [0.3, 0.4) is 0 Å². The number of thioether (sulfide) groups is 1. The summed E-state index contributed by atoms with van der Waals surface area (Å²) >= 11 is 13.2. The summed E-state index contributed by atoms with van der Waals surface area (Å²) in [6.45, 7) is 0. The zero-order valence-electron chi connectivity index (χ0n) is 10.1. The van der Waals surface area contributed by atoms with Crippen LogP contribution in [0.15, 0.2) is 58.8 Å². The molecule has 0 heterocycles. The van der Waals surface area contributed by atoms with Gasteiger partial charge in [-0.05, 0) is 53.9 Å². The largest absolute Gasteiger partial charge is 0.289 e. The Labute approximate surface area is 130 Å². The highest BCUT2D eigenvalue weighted by Crippen LogP contribution is 2.30. The van der Waals surface area contributed by atoms with Crippen molar-refractivity contribution in [1.29, 1.82) is 0 Å². The van der Waals surface area contributed by atoms with E-state index in [0.29, 0.717) is 15.6 Å². The van der Waals surface area contributed by atoms with E-state index in [4.69, 9.17) is 23.2 Å². The molecule has 0 aliphatic rings. The third-order valence-corrected chi connectivity index (χ3v) is 3.98. The van der Waals surface area contributed by atoms with Crippen molar-refractivity contribution in [2.45, 2.75) is 4.90 Å². The second-order valence-electron chi connectivity index (χ2n) is 3.87. The van der Waals surface area contributed by atoms with Gasteiger partial charge in [0.15, 0.2) is 5.78 Å². The quantitative estimate of drug-likeness (QED) is 0.412. The Hall–Kier alpha value is -1.29. The Bertz CT molecular complexity index is 653. The van der Waals surface area contributed by atoms with Crippen LogP contribution in [-0.2, 0) is 0 Å². The van der Waals surface area contributed by atoms with Crippen LogP contribution in [0.25, 0.3) is 0 Å². The third kappa shape index (κ3) is 4.10. The molecular weight excluding hydrogens is 318 g/mol. The number of hydrogen-bond acceptors (Lipinski definition) is 2. The van der Waals surface area contributed by atoms with Crippen molar-refractivity contribution in [3.05, 3.63) is 75.4 Å². The fraction of sp³-hybridized carbons (Fsp3) is 0. The van der Waals surface area contributed by atoms with Crippen LogP contribution < -0.4 is 0 Å². The van der Waals surface area contributed by atoms with Crippen molar-refractivity contribution in [2.75, 3.05) is 0 Å². The molecule has 0 aliphatic carbocycles. The molecular formula is C15H9Cl2FOS. The van der Waals surface area contributed by atoms with Crippen LogP contribution >= 0.6 is 35.0 Å². The minimum absolute atomic E-state index is 0.198. The molecule has 0 bridgehead atoms. The molecule has 0 atom stereocenters. The summed E-state index contributed by atoms with van der Waals surface area (Å²) < 4.78 is 12.7. The van der Waals surface area contributed by atoms with Crippen LogP contribution in [0.5, 0.6) is 0 Å². The molecule has 0 spiro atoms. The molecule has 0 radical (unpaired) electrons. The highest BCUT2D eigenvalue weighted by atomic mass is 35.5. The first-order chi connectivity index (χ1) is 9.56. The Morgan fingerprint density at radius 3 is 2.50 bits per heavy atom. The number of hydrogen-bond donors (Lipinski definition) is 0. The van der Waals surface area contributed by atoms with Gasteiger partial charge in [0.25, 0.3) is 0 Å². The van der Waals surface area contributed by atoms with Crippen LogP contribution in [0.2, 0.25) is 10.0 Å². The summed E-state index contributed by atoms with van der Waals surface area (Å²) in [5, 5.41) is 2.77. The van der Waals surface area contributed by atoms with Gasteiger partial charge in [0.2, 0.25) is 0 Å². The summed E-state index contributed by atoms with van der Waals surface area (Å²) in [5.74, 6) is -0.568. The number of halogens is 3. The molecule has 1 nitrogen and oxygen atoms in total. The Morgan fingerprint density at radius 2 is 1.80 bits per heavy atom. The lowest BCUT2D eigenvalue weighted by Gasteiger charge is -2.00. The van der Waals surface area contributed by atoms with Gasteiger partial charge in [-0.15, -0.1) is 0 Å². The maximum Gasteiger partial charge on any atom is 0.186 e. The number of benzene rings is 2. The Balaban J connectivity index is 2.04. The van der Waals surface area contributed by atoms with E-state index in [1.807, 2.05) is 0 Å². The van der Waals surface area contributed by atoms with Crippen LogP contribution in [0.4, 0.5) is 4.39 Å². The topological polar surface area (TPSA) is 17.1 Å². The van der Waals surface area contributed by atoms with Crippen molar-refractivity contribution in [3.8, 4) is 0 Å². The molecule has 0 saturated heterocycles. The van der Waals surface area contributed by atoms with Crippen LogP contribution in [0, 0.1) is 5.82 Å². The minimum Gasteiger partial charge on any atom is -0.289 e. The predicted molar refractivity (Wildman–Crippen MR) is 82.2 cm³/mol. The van der Waals surface area contributed by atoms with Crippen LogP contribution in [-0.4, -0.2) is 5.78 Å². The van der Waals surface area contributed by atoms with Gasteiger partial charge in [-0.2, -0.15) is 0 Å². The fourth-order valence-corrected chi connectivity index (χ4v) is 2.65. The van der Waals surface area contributed by atoms with E-state index < -0.39 is 0 Å². The number of ketones is 1. The molecule has 0 aliphatic heterocycles. The molecule has 0 saturated carbocycles. The van der Waals surface area contributed by atoms with E-state index in [0.717, 1.165) is 4.90 Å². The summed E-state index contributed by atoms with van der Waals surface area (Å²) in [7, 11) is 0. The Morgan fingerprint density at radius 1 is 1.10 bits per heavy atom. The van der Waals surface area contributed by atoms with Gasteiger partial charge in [0.05, 0.1) is 5.02 Å². The van der Waals surface area contributed by atoms with E-state index in [1.165, 1.54) is 42.1 Å². The number of carbonyl (C=O) groups is 1. The summed E-state index contributed by atoms with van der Waals surface area (Å²) in [6, 6.07) is 10.5. The van der Waals surface area contributed by atoms with Gasteiger partial charge in [-0.25, -0.2) is 4.39 Å². The molecule has 0 N–H and O–H groups in total. The van der Waals surface area contributed by atoms with E-state index in [2.05, 4.69) is 0 Å². The molecule has 5 heteroatoms. The first-order valence-corrected chi connectivity index (χ1v) is 7.28. The van der Waals surface area contributed by atoms with E-state index in [9.17, 15) is 9.18 Å². The summed E-state index contributed by atoms with van der Waals surface area (Å²) in [6.07, 6.45) is 1.41. The SMILES string of the molecule is O=C(/C=C/Sc1cc(Cl)ccc1Cl)c1ccc(F)cc1. The van der Waals surface area contributed by atoms with Crippen molar-refractivity contribution >= 4 is 40.7 Å². The Kier molecular flexibility index (Phi) is 5.24. The van der Waals surface area contributed by atoms with Crippen molar-refractivity contribution in [1.82, 2.24) is 0 Å². The summed E-state index contributed by atoms with van der Waals surface area (Å²) in [5.41, 5.74) is 0.431. The standard InChI is InChI=1S/C15H9Cl2FOS/c16-11-3-6-13(17)15(9-11)20-8-7-14(19)10-1-4-12(18)5-2-10/h1-9H/b8-7+. The first-order valence-electron chi connectivity index (χ1n) is 5.64. The summed E-state index contributed by atoms with van der Waals surface area (Å²) in [4.78, 5) is 12.6. The molecule has 2 rings (SSSR count). The molecule has 2 aromatic rings. The lowest BCUT2D eigenvalue weighted by Crippen LogP contribution is -1.93. The molecule has 0 unspecified atom stereocenters. The number of rotatable bonds is 4. The maximum atomic E-state index is 12.7. The van der Waals surface area contributed by atoms with Crippen molar-refractivity contribution < 1.29 is 9.18 Å². The van der Waals surface area contributed by atoms with Crippen molar-refractivity contribution in [2.24, 2.45) is 0 Å². The van der Waals surface area contributed by atoms with Crippen LogP contribution in [0.1, 0.15) is 10.4 Å². The smallest absolute Gasteiger partial charge is 0.186 e. The van der Waals surface area contributed by atoms with Gasteiger partial charge in [0, 0.05) is 15.5 Å². The zero-order chi connectivity index (χ0) is 14.5. The van der Waals surface area contributed by atoms with Crippen molar-refractivity contribution in [3.63, 3.8) is 0 Å². The highest BCUT2D eigenvalue weighted by molar-refractivity contribution is 8.02. The molecule has 102 valence electrons. The fourth-order valence-electron chi connectivity index (χ4n) is 1.45. The normalized spacial score (nSPS) is 10.9. The molecule has 2 aromatic carbocycles. The lowest BCUT2D eigenvalue weighted by atomic mass is 10.1. The number of carbonyl (C=O) groups excluding carboxylic acids is 1. The van der Waals surface area contributed by atoms with Gasteiger partial charge in [-0.3, -0.25) is 4.79 Å². The van der Waals surface area contributed by atoms with Gasteiger partial charge in [-0.1, -0.05) is 35.0 Å². The maximum absolute atomic E-state index is 12.7. The molecule has 0 aromatic heterocycles. The molecule has 0 fully saturated rings. The lowest BCUT2D eigenvalue weighted by molar-refractivity contribution is 0.104. The average Bonchev–Trinajstić information content (AvgIpc) is 2.43.